The maximum Gasteiger partial charge on any atom is 0.0897 e. The lowest BCUT2D eigenvalue weighted by Crippen LogP contribution is -2.44. The second-order valence-corrected chi connectivity index (χ2v) is 6.49. The topological polar surface area (TPSA) is 41.5 Å². The molecule has 0 fully saturated rings. The van der Waals surface area contributed by atoms with Crippen LogP contribution in [0.3, 0.4) is 0 Å². The van der Waals surface area contributed by atoms with Gasteiger partial charge in [0.25, 0.3) is 0 Å². The van der Waals surface area contributed by atoms with Crippen LogP contribution in [0.15, 0.2) is 12.2 Å². The third-order valence-corrected chi connectivity index (χ3v) is 4.26. The van der Waals surface area contributed by atoms with E-state index in [1.807, 2.05) is 0 Å². The lowest BCUT2D eigenvalue weighted by atomic mass is 9.85. The highest BCUT2D eigenvalue weighted by atomic mass is 16.5. The van der Waals surface area contributed by atoms with E-state index in [1.165, 1.54) is 0 Å². The molecule has 0 heterocycles. The van der Waals surface area contributed by atoms with Gasteiger partial charge >= 0.3 is 0 Å². The fourth-order valence-electron chi connectivity index (χ4n) is 2.17. The van der Waals surface area contributed by atoms with Gasteiger partial charge in [-0.1, -0.05) is 26.0 Å². The average molecular weight is 269 g/mol. The summed E-state index contributed by atoms with van der Waals surface area (Å²) in [4.78, 5) is 0. The Kier molecular flexibility index (Phi) is 7.05. The Hall–Kier alpha value is -0.380. The van der Waals surface area contributed by atoms with Gasteiger partial charge in [0.2, 0.25) is 0 Å². The molecule has 0 bridgehead atoms. The number of β-amino-alcohol motifs (C(OH)–C–C–N with tert-alkyl or cyclic N) is 1. The number of rotatable bonds is 8. The van der Waals surface area contributed by atoms with Gasteiger partial charge < -0.3 is 15.2 Å². The molecule has 0 spiro atoms. The maximum atomic E-state index is 9.90. The van der Waals surface area contributed by atoms with Crippen LogP contribution in [-0.4, -0.2) is 36.5 Å². The van der Waals surface area contributed by atoms with Crippen molar-refractivity contribution in [1.82, 2.24) is 5.32 Å². The lowest BCUT2D eigenvalue weighted by molar-refractivity contribution is 0.0104. The molecule has 1 aliphatic rings. The van der Waals surface area contributed by atoms with E-state index >= 15 is 0 Å². The molecular formula is C16H31NO2. The monoisotopic (exact) mass is 269 g/mol. The van der Waals surface area contributed by atoms with Crippen LogP contribution in [0.4, 0.5) is 0 Å². The van der Waals surface area contributed by atoms with Gasteiger partial charge in [0, 0.05) is 12.1 Å². The van der Waals surface area contributed by atoms with Crippen molar-refractivity contribution in [2.24, 2.45) is 11.8 Å². The predicted molar refractivity (Wildman–Crippen MR) is 80.2 cm³/mol. The number of allylic oxidation sites excluding steroid dienone is 2. The molecule has 112 valence electrons. The standard InChI is InChI=1S/C16H31NO2/c1-5-16(3,4)17-10-15(18)12-19-11-14-9-7-6-8-13(14)2/h6-7,13-15,17-18H,5,8-12H2,1-4H3. The third kappa shape index (κ3) is 6.55. The van der Waals surface area contributed by atoms with E-state index in [2.05, 4.69) is 45.2 Å². The van der Waals surface area contributed by atoms with Crippen molar-refractivity contribution in [3.8, 4) is 0 Å². The largest absolute Gasteiger partial charge is 0.389 e. The molecule has 3 heteroatoms. The molecule has 3 nitrogen and oxygen atoms in total. The van der Waals surface area contributed by atoms with E-state index in [1.54, 1.807) is 0 Å². The van der Waals surface area contributed by atoms with Crippen molar-refractivity contribution in [3.63, 3.8) is 0 Å². The molecule has 0 aromatic carbocycles. The van der Waals surface area contributed by atoms with Crippen LogP contribution in [0, 0.1) is 11.8 Å². The van der Waals surface area contributed by atoms with Crippen molar-refractivity contribution < 1.29 is 9.84 Å². The molecule has 0 saturated heterocycles. The molecule has 3 atom stereocenters. The third-order valence-electron chi connectivity index (χ3n) is 4.26. The number of aliphatic hydroxyl groups excluding tert-OH is 1. The van der Waals surface area contributed by atoms with Gasteiger partial charge in [-0.2, -0.15) is 0 Å². The number of hydrogen-bond acceptors (Lipinski definition) is 3. The summed E-state index contributed by atoms with van der Waals surface area (Å²) in [5.74, 6) is 1.30. The Morgan fingerprint density at radius 1 is 1.37 bits per heavy atom. The van der Waals surface area contributed by atoms with Gasteiger partial charge in [-0.15, -0.1) is 0 Å². The van der Waals surface area contributed by atoms with Crippen molar-refractivity contribution >= 4 is 0 Å². The number of nitrogens with one attached hydrogen (secondary N) is 1. The summed E-state index contributed by atoms with van der Waals surface area (Å²) in [6.07, 6.45) is 7.40. The van der Waals surface area contributed by atoms with Gasteiger partial charge in [-0.25, -0.2) is 0 Å². The molecule has 3 unspecified atom stereocenters. The number of hydrogen-bond donors (Lipinski definition) is 2. The van der Waals surface area contributed by atoms with E-state index in [0.717, 1.165) is 25.9 Å². The molecule has 0 saturated carbocycles. The van der Waals surface area contributed by atoms with Crippen molar-refractivity contribution in [2.45, 2.75) is 58.6 Å². The highest BCUT2D eigenvalue weighted by Gasteiger charge is 2.19. The van der Waals surface area contributed by atoms with Gasteiger partial charge in [-0.3, -0.25) is 0 Å². The average Bonchev–Trinajstić information content (AvgIpc) is 2.39. The normalized spacial score (nSPS) is 25.5. The Labute approximate surface area is 118 Å². The summed E-state index contributed by atoms with van der Waals surface area (Å²) in [7, 11) is 0. The molecule has 1 rings (SSSR count). The highest BCUT2D eigenvalue weighted by Crippen LogP contribution is 2.24. The minimum Gasteiger partial charge on any atom is -0.389 e. The van der Waals surface area contributed by atoms with E-state index < -0.39 is 6.10 Å². The molecule has 0 aromatic heterocycles. The van der Waals surface area contributed by atoms with Gasteiger partial charge in [-0.05, 0) is 44.9 Å². The van der Waals surface area contributed by atoms with Crippen LogP contribution >= 0.6 is 0 Å². The summed E-state index contributed by atoms with van der Waals surface area (Å²) in [6.45, 7) is 10.5. The van der Waals surface area contributed by atoms with Crippen molar-refractivity contribution in [3.05, 3.63) is 12.2 Å². The second kappa shape index (κ2) is 8.03. The van der Waals surface area contributed by atoms with Crippen molar-refractivity contribution in [1.29, 1.82) is 0 Å². The number of ether oxygens (including phenoxy) is 1. The first-order valence-corrected chi connectivity index (χ1v) is 7.60. The lowest BCUT2D eigenvalue weighted by Gasteiger charge is -2.27. The smallest absolute Gasteiger partial charge is 0.0897 e. The summed E-state index contributed by atoms with van der Waals surface area (Å²) >= 11 is 0. The zero-order chi connectivity index (χ0) is 14.3. The van der Waals surface area contributed by atoms with Crippen LogP contribution < -0.4 is 5.32 Å². The van der Waals surface area contributed by atoms with E-state index in [0.29, 0.717) is 25.0 Å². The van der Waals surface area contributed by atoms with Crippen LogP contribution in [0.25, 0.3) is 0 Å². The van der Waals surface area contributed by atoms with Crippen LogP contribution in [-0.2, 0) is 4.74 Å². The molecule has 0 radical (unpaired) electrons. The first-order chi connectivity index (χ1) is 8.94. The van der Waals surface area contributed by atoms with Crippen LogP contribution in [0.1, 0.15) is 47.0 Å². The minimum atomic E-state index is -0.416. The van der Waals surface area contributed by atoms with Crippen LogP contribution in [0.2, 0.25) is 0 Å². The zero-order valence-corrected chi connectivity index (χ0v) is 13.0. The second-order valence-electron chi connectivity index (χ2n) is 6.49. The molecule has 19 heavy (non-hydrogen) atoms. The first-order valence-electron chi connectivity index (χ1n) is 7.60. The molecule has 0 amide bonds. The Morgan fingerprint density at radius 3 is 2.68 bits per heavy atom. The Bertz CT molecular complexity index is 276. The van der Waals surface area contributed by atoms with Gasteiger partial charge in [0.05, 0.1) is 19.3 Å². The predicted octanol–water partition coefficient (Wildman–Crippen LogP) is 2.74. The van der Waals surface area contributed by atoms with E-state index in [4.69, 9.17) is 4.74 Å². The van der Waals surface area contributed by atoms with E-state index in [-0.39, 0.29) is 5.54 Å². The SMILES string of the molecule is CCC(C)(C)NCC(O)COCC1CC=CCC1C. The molecule has 2 N–H and O–H groups in total. The summed E-state index contributed by atoms with van der Waals surface area (Å²) in [5.41, 5.74) is 0.0870. The Balaban J connectivity index is 2.13. The fourth-order valence-corrected chi connectivity index (χ4v) is 2.17. The van der Waals surface area contributed by atoms with Gasteiger partial charge in [0.15, 0.2) is 0 Å². The quantitative estimate of drug-likeness (QED) is 0.666. The molecule has 1 aliphatic carbocycles. The zero-order valence-electron chi connectivity index (χ0n) is 13.0. The van der Waals surface area contributed by atoms with Gasteiger partial charge in [0.1, 0.15) is 0 Å². The fraction of sp³-hybridized carbons (Fsp3) is 0.875. The number of aliphatic hydroxyl groups is 1. The molecule has 0 aromatic rings. The summed E-state index contributed by atoms with van der Waals surface area (Å²) in [5, 5.41) is 13.3. The summed E-state index contributed by atoms with van der Waals surface area (Å²) < 4.78 is 5.68. The highest BCUT2D eigenvalue weighted by molar-refractivity contribution is 4.93. The van der Waals surface area contributed by atoms with Crippen molar-refractivity contribution in [2.75, 3.05) is 19.8 Å². The maximum absolute atomic E-state index is 9.90. The molecule has 0 aliphatic heterocycles. The van der Waals surface area contributed by atoms with Crippen LogP contribution in [0.5, 0.6) is 0 Å². The molecular weight excluding hydrogens is 238 g/mol. The Morgan fingerprint density at radius 2 is 2.05 bits per heavy atom. The first kappa shape index (κ1) is 16.7. The summed E-state index contributed by atoms with van der Waals surface area (Å²) in [6, 6.07) is 0. The minimum absolute atomic E-state index is 0.0870. The van der Waals surface area contributed by atoms with E-state index in [9.17, 15) is 5.11 Å².